The maximum atomic E-state index is 12.4. The van der Waals surface area contributed by atoms with E-state index < -0.39 is 0 Å². The highest BCUT2D eigenvalue weighted by molar-refractivity contribution is 5.46. The molecule has 0 radical (unpaired) electrons. The molecule has 3 heterocycles. The van der Waals surface area contributed by atoms with Crippen molar-refractivity contribution in [3.63, 3.8) is 0 Å². The minimum absolute atomic E-state index is 0.00512. The van der Waals surface area contributed by atoms with Gasteiger partial charge in [0.05, 0.1) is 12.3 Å². The van der Waals surface area contributed by atoms with Gasteiger partial charge < -0.3 is 4.74 Å². The van der Waals surface area contributed by atoms with Crippen molar-refractivity contribution in [2.24, 2.45) is 0 Å². The lowest BCUT2D eigenvalue weighted by Gasteiger charge is -2.41. The molecule has 6 nitrogen and oxygen atoms in total. The van der Waals surface area contributed by atoms with Gasteiger partial charge >= 0.3 is 0 Å². The van der Waals surface area contributed by atoms with Gasteiger partial charge in [-0.15, -0.1) is 0 Å². The van der Waals surface area contributed by atoms with Gasteiger partial charge in [-0.25, -0.2) is 4.98 Å². The fourth-order valence-electron chi connectivity index (χ4n) is 3.61. The zero-order valence-electron chi connectivity index (χ0n) is 15.4. The molecule has 1 fully saturated rings. The average Bonchev–Trinajstić information content (AvgIpc) is 2.61. The summed E-state index contributed by atoms with van der Waals surface area (Å²) in [5.41, 5.74) is 2.64. The first-order chi connectivity index (χ1) is 12.1. The quantitative estimate of drug-likeness (QED) is 0.796. The van der Waals surface area contributed by atoms with Crippen LogP contribution in [0.1, 0.15) is 24.6 Å². The van der Waals surface area contributed by atoms with Gasteiger partial charge in [0.2, 0.25) is 0 Å². The predicted molar refractivity (Wildman–Crippen MR) is 99.0 cm³/mol. The summed E-state index contributed by atoms with van der Waals surface area (Å²) in [6.45, 7) is 9.76. The molecule has 0 amide bonds. The topological polar surface area (TPSA) is 50.1 Å². The minimum atomic E-state index is -0.00512. The van der Waals surface area contributed by atoms with Crippen LogP contribution in [0, 0.1) is 6.92 Å². The summed E-state index contributed by atoms with van der Waals surface area (Å²) < 4.78 is 6.84. The number of nitrogens with zero attached hydrogens (tertiary/aromatic N) is 4. The third-order valence-electron chi connectivity index (χ3n) is 5.07. The van der Waals surface area contributed by atoms with Crippen LogP contribution in [0.25, 0.3) is 5.65 Å². The number of piperazine rings is 1. The van der Waals surface area contributed by atoms with E-state index in [4.69, 9.17) is 9.72 Å². The molecule has 25 heavy (non-hydrogen) atoms. The van der Waals surface area contributed by atoms with Crippen LogP contribution < -0.4 is 5.56 Å². The number of hydrogen-bond donors (Lipinski definition) is 0. The lowest BCUT2D eigenvalue weighted by molar-refractivity contribution is 0.0460. The molecule has 0 aromatic carbocycles. The highest BCUT2D eigenvalue weighted by Gasteiger charge is 2.25. The van der Waals surface area contributed by atoms with E-state index in [1.165, 1.54) is 0 Å². The van der Waals surface area contributed by atoms with Crippen LogP contribution in [0.5, 0.6) is 0 Å². The van der Waals surface area contributed by atoms with Crippen molar-refractivity contribution in [2.45, 2.75) is 32.9 Å². The van der Waals surface area contributed by atoms with E-state index >= 15 is 0 Å². The Morgan fingerprint density at radius 2 is 2.20 bits per heavy atom. The Kier molecular flexibility index (Phi) is 5.83. The molecular formula is C19H28N4O2. The summed E-state index contributed by atoms with van der Waals surface area (Å²) in [4.78, 5) is 22.0. The summed E-state index contributed by atoms with van der Waals surface area (Å²) >= 11 is 0. The second-order valence-corrected chi connectivity index (χ2v) is 6.80. The number of fused-ring (bicyclic) bond motifs is 1. The maximum absolute atomic E-state index is 12.4. The first-order valence-electron chi connectivity index (χ1n) is 9.05. The van der Waals surface area contributed by atoms with Crippen molar-refractivity contribution in [3.05, 3.63) is 46.0 Å². The van der Waals surface area contributed by atoms with Crippen molar-refractivity contribution < 1.29 is 4.74 Å². The van der Waals surface area contributed by atoms with Gasteiger partial charge in [0, 0.05) is 58.1 Å². The molecule has 1 unspecified atom stereocenters. The Hall–Kier alpha value is -1.76. The van der Waals surface area contributed by atoms with E-state index in [0.29, 0.717) is 6.04 Å². The number of aryl methyl sites for hydroxylation is 1. The number of rotatable bonds is 6. The molecule has 1 atom stereocenters. The van der Waals surface area contributed by atoms with Gasteiger partial charge in [-0.05, 0) is 25.0 Å². The Balaban J connectivity index is 1.74. The van der Waals surface area contributed by atoms with Crippen LogP contribution in [0.3, 0.4) is 0 Å². The van der Waals surface area contributed by atoms with Crippen LogP contribution >= 0.6 is 0 Å². The van der Waals surface area contributed by atoms with Crippen LogP contribution in [-0.4, -0.2) is 65.1 Å². The zero-order chi connectivity index (χ0) is 17.8. The molecule has 1 aliphatic rings. The lowest BCUT2D eigenvalue weighted by atomic mass is 10.1. The van der Waals surface area contributed by atoms with Crippen LogP contribution in [-0.2, 0) is 11.3 Å². The molecule has 0 saturated carbocycles. The van der Waals surface area contributed by atoms with Crippen molar-refractivity contribution in [3.8, 4) is 0 Å². The van der Waals surface area contributed by atoms with Crippen LogP contribution in [0.15, 0.2) is 29.2 Å². The van der Waals surface area contributed by atoms with Gasteiger partial charge in [-0.3, -0.25) is 19.0 Å². The fraction of sp³-hybridized carbons (Fsp3) is 0.579. The third-order valence-corrected chi connectivity index (χ3v) is 5.07. The number of pyridine rings is 1. The predicted octanol–water partition coefficient (Wildman–Crippen LogP) is 1.55. The number of hydrogen-bond acceptors (Lipinski definition) is 5. The largest absolute Gasteiger partial charge is 0.383 e. The summed E-state index contributed by atoms with van der Waals surface area (Å²) in [7, 11) is 1.75. The van der Waals surface area contributed by atoms with Crippen molar-refractivity contribution in [1.29, 1.82) is 0 Å². The molecule has 6 heteroatoms. The van der Waals surface area contributed by atoms with Crippen LogP contribution in [0.4, 0.5) is 0 Å². The molecule has 2 aromatic heterocycles. The number of ether oxygens (including phenoxy) is 1. The van der Waals surface area contributed by atoms with Crippen LogP contribution in [0.2, 0.25) is 0 Å². The smallest absolute Gasteiger partial charge is 0.258 e. The van der Waals surface area contributed by atoms with E-state index in [-0.39, 0.29) is 5.56 Å². The molecule has 3 rings (SSSR count). The second-order valence-electron chi connectivity index (χ2n) is 6.80. The number of aromatic nitrogens is 2. The van der Waals surface area contributed by atoms with E-state index in [0.717, 1.165) is 62.7 Å². The highest BCUT2D eigenvalue weighted by atomic mass is 16.5. The Morgan fingerprint density at radius 1 is 1.36 bits per heavy atom. The summed E-state index contributed by atoms with van der Waals surface area (Å²) in [6.07, 6.45) is 2.90. The molecule has 2 aromatic rings. The molecule has 0 aliphatic carbocycles. The van der Waals surface area contributed by atoms with Gasteiger partial charge in [0.1, 0.15) is 5.65 Å². The van der Waals surface area contributed by atoms with Gasteiger partial charge in [-0.1, -0.05) is 13.0 Å². The Bertz CT molecular complexity index is 774. The van der Waals surface area contributed by atoms with E-state index in [1.807, 2.05) is 19.1 Å². The highest BCUT2D eigenvalue weighted by Crippen LogP contribution is 2.15. The Labute approximate surface area is 149 Å². The maximum Gasteiger partial charge on any atom is 0.258 e. The third kappa shape index (κ3) is 4.08. The molecule has 0 spiro atoms. The number of methoxy groups -OCH3 is 1. The van der Waals surface area contributed by atoms with E-state index in [2.05, 4.69) is 16.7 Å². The fourth-order valence-corrected chi connectivity index (χ4v) is 3.61. The van der Waals surface area contributed by atoms with E-state index in [1.54, 1.807) is 23.8 Å². The first kappa shape index (κ1) is 18.0. The Morgan fingerprint density at radius 3 is 2.96 bits per heavy atom. The van der Waals surface area contributed by atoms with Crippen molar-refractivity contribution >= 4 is 5.65 Å². The lowest BCUT2D eigenvalue weighted by Crippen LogP contribution is -2.53. The molecular weight excluding hydrogens is 316 g/mol. The van der Waals surface area contributed by atoms with E-state index in [9.17, 15) is 4.79 Å². The average molecular weight is 344 g/mol. The van der Waals surface area contributed by atoms with Crippen molar-refractivity contribution in [1.82, 2.24) is 19.2 Å². The van der Waals surface area contributed by atoms with Crippen molar-refractivity contribution in [2.75, 3.05) is 39.9 Å². The first-order valence-corrected chi connectivity index (χ1v) is 9.05. The zero-order valence-corrected chi connectivity index (χ0v) is 15.4. The summed E-state index contributed by atoms with van der Waals surface area (Å²) in [5, 5.41) is 0. The molecule has 1 aliphatic heterocycles. The minimum Gasteiger partial charge on any atom is -0.383 e. The monoisotopic (exact) mass is 344 g/mol. The standard InChI is InChI=1S/C19H28N4O2/c1-4-17-14-21(8-9-22(17)10-11-25-3)13-16-12-18(24)23-7-5-6-15(2)19(23)20-16/h5-7,12,17H,4,8-11,13-14H2,1-3H3. The summed E-state index contributed by atoms with van der Waals surface area (Å²) in [5.74, 6) is 0. The normalized spacial score (nSPS) is 19.6. The van der Waals surface area contributed by atoms with Gasteiger partial charge in [0.25, 0.3) is 5.56 Å². The molecule has 1 saturated heterocycles. The molecule has 0 bridgehead atoms. The SMILES string of the molecule is CCC1CN(Cc2cc(=O)n3cccc(C)c3n2)CCN1CCOC. The van der Waals surface area contributed by atoms with Gasteiger partial charge in [-0.2, -0.15) is 0 Å². The molecule has 0 N–H and O–H groups in total. The van der Waals surface area contributed by atoms with Gasteiger partial charge in [0.15, 0.2) is 0 Å². The molecule has 136 valence electrons. The summed E-state index contributed by atoms with van der Waals surface area (Å²) in [6, 6.07) is 6.08. The second kappa shape index (κ2) is 8.08.